The van der Waals surface area contributed by atoms with Gasteiger partial charge in [0.05, 0.1) is 11.9 Å². The monoisotopic (exact) mass is 218 g/mol. The van der Waals surface area contributed by atoms with E-state index in [1.54, 1.807) is 23.3 Å². The van der Waals surface area contributed by atoms with Gasteiger partial charge >= 0.3 is 0 Å². The van der Waals surface area contributed by atoms with Crippen molar-refractivity contribution in [2.75, 3.05) is 0 Å². The molecule has 2 heterocycles. The maximum Gasteiger partial charge on any atom is 0.203 e. The molecule has 1 N–H and O–H groups in total. The minimum absolute atomic E-state index is 0.424. The SMILES string of the molecule is Cc1csc(=N)n1/N=C/c1cccnc1. The molecule has 15 heavy (non-hydrogen) atoms. The lowest BCUT2D eigenvalue weighted by Gasteiger charge is -1.95. The Balaban J connectivity index is 2.30. The van der Waals surface area contributed by atoms with Crippen molar-refractivity contribution < 1.29 is 0 Å². The van der Waals surface area contributed by atoms with E-state index in [0.717, 1.165) is 11.3 Å². The molecule has 0 radical (unpaired) electrons. The average Bonchev–Trinajstić information content (AvgIpc) is 2.58. The summed E-state index contributed by atoms with van der Waals surface area (Å²) in [6.45, 7) is 1.93. The molecule has 0 atom stereocenters. The van der Waals surface area contributed by atoms with E-state index in [9.17, 15) is 0 Å². The van der Waals surface area contributed by atoms with Crippen molar-refractivity contribution >= 4 is 17.6 Å². The molecule has 2 aromatic rings. The number of rotatable bonds is 2. The zero-order valence-corrected chi connectivity index (χ0v) is 9.03. The van der Waals surface area contributed by atoms with Gasteiger partial charge in [0.2, 0.25) is 4.80 Å². The van der Waals surface area contributed by atoms with Crippen LogP contribution < -0.4 is 4.80 Å². The van der Waals surface area contributed by atoms with Gasteiger partial charge in [-0.1, -0.05) is 6.07 Å². The van der Waals surface area contributed by atoms with Crippen LogP contribution in [-0.4, -0.2) is 15.9 Å². The highest BCUT2D eigenvalue weighted by molar-refractivity contribution is 7.07. The predicted octanol–water partition coefficient (Wildman–Crippen LogP) is 1.61. The van der Waals surface area contributed by atoms with Gasteiger partial charge in [-0.25, -0.2) is 4.68 Å². The minimum Gasteiger partial charge on any atom is -0.274 e. The number of hydrogen-bond donors (Lipinski definition) is 1. The third-order valence-electron chi connectivity index (χ3n) is 1.87. The van der Waals surface area contributed by atoms with Crippen molar-refractivity contribution in [2.45, 2.75) is 6.92 Å². The van der Waals surface area contributed by atoms with Crippen LogP contribution in [0.1, 0.15) is 11.3 Å². The molecule has 4 nitrogen and oxygen atoms in total. The van der Waals surface area contributed by atoms with Crippen molar-refractivity contribution in [3.05, 3.63) is 46.0 Å². The number of aryl methyl sites for hydroxylation is 1. The lowest BCUT2D eigenvalue weighted by molar-refractivity contribution is 0.797. The molecule has 0 aliphatic heterocycles. The first kappa shape index (κ1) is 9.79. The highest BCUT2D eigenvalue weighted by Crippen LogP contribution is 1.99. The van der Waals surface area contributed by atoms with Crippen molar-refractivity contribution in [1.29, 1.82) is 5.41 Å². The molecule has 76 valence electrons. The van der Waals surface area contributed by atoms with Crippen LogP contribution in [0.3, 0.4) is 0 Å². The van der Waals surface area contributed by atoms with Gasteiger partial charge in [0.1, 0.15) is 0 Å². The lowest BCUT2D eigenvalue weighted by atomic mass is 10.3. The summed E-state index contributed by atoms with van der Waals surface area (Å²) in [5.74, 6) is 0. The third-order valence-corrected chi connectivity index (χ3v) is 2.73. The van der Waals surface area contributed by atoms with E-state index in [1.165, 1.54) is 11.3 Å². The molecule has 0 fully saturated rings. The third kappa shape index (κ3) is 2.19. The molecule has 0 saturated heterocycles. The summed E-state index contributed by atoms with van der Waals surface area (Å²) in [5, 5.41) is 13.7. The van der Waals surface area contributed by atoms with Gasteiger partial charge in [-0.15, -0.1) is 11.3 Å². The Morgan fingerprint density at radius 3 is 3.07 bits per heavy atom. The second kappa shape index (κ2) is 4.18. The second-order valence-corrected chi connectivity index (χ2v) is 3.88. The summed E-state index contributed by atoms with van der Waals surface area (Å²) >= 11 is 1.37. The number of aromatic nitrogens is 2. The van der Waals surface area contributed by atoms with Crippen LogP contribution in [0.2, 0.25) is 0 Å². The van der Waals surface area contributed by atoms with Crippen molar-refractivity contribution in [3.8, 4) is 0 Å². The Morgan fingerprint density at radius 1 is 1.60 bits per heavy atom. The van der Waals surface area contributed by atoms with E-state index in [1.807, 2.05) is 24.4 Å². The van der Waals surface area contributed by atoms with Crippen LogP contribution in [0.4, 0.5) is 0 Å². The largest absolute Gasteiger partial charge is 0.274 e. The summed E-state index contributed by atoms with van der Waals surface area (Å²) in [7, 11) is 0. The molecule has 2 rings (SSSR count). The van der Waals surface area contributed by atoms with E-state index in [2.05, 4.69) is 10.1 Å². The van der Waals surface area contributed by atoms with Crippen LogP contribution in [0.25, 0.3) is 0 Å². The van der Waals surface area contributed by atoms with Gasteiger partial charge in [0.15, 0.2) is 0 Å². The molecule has 0 bridgehead atoms. The van der Waals surface area contributed by atoms with E-state index >= 15 is 0 Å². The Labute approximate surface area is 91.1 Å². The molecule has 0 spiro atoms. The normalized spacial score (nSPS) is 11.0. The molecule has 0 saturated carbocycles. The first-order valence-corrected chi connectivity index (χ1v) is 5.31. The summed E-state index contributed by atoms with van der Waals surface area (Å²) in [5.41, 5.74) is 1.89. The van der Waals surface area contributed by atoms with Crippen molar-refractivity contribution in [1.82, 2.24) is 9.66 Å². The zero-order chi connectivity index (χ0) is 10.7. The van der Waals surface area contributed by atoms with Gasteiger partial charge in [-0.3, -0.25) is 10.4 Å². The van der Waals surface area contributed by atoms with Gasteiger partial charge in [-0.2, -0.15) is 5.10 Å². The summed E-state index contributed by atoms with van der Waals surface area (Å²) in [6, 6.07) is 3.77. The maximum atomic E-state index is 7.61. The fourth-order valence-electron chi connectivity index (χ4n) is 1.12. The number of thiazole rings is 1. The highest BCUT2D eigenvalue weighted by Gasteiger charge is 1.95. The van der Waals surface area contributed by atoms with Crippen LogP contribution in [0.5, 0.6) is 0 Å². The standard InChI is InChI=1S/C10H10N4S/c1-8-7-15-10(11)14(8)13-6-9-3-2-4-12-5-9/h2-7,11H,1H3/b11-10?,13-6+. The van der Waals surface area contributed by atoms with Crippen LogP contribution in [-0.2, 0) is 0 Å². The van der Waals surface area contributed by atoms with Gasteiger partial charge in [0, 0.05) is 23.3 Å². The van der Waals surface area contributed by atoms with Gasteiger partial charge in [0.25, 0.3) is 0 Å². The van der Waals surface area contributed by atoms with Crippen LogP contribution in [0, 0.1) is 12.3 Å². The van der Waals surface area contributed by atoms with Crippen molar-refractivity contribution in [3.63, 3.8) is 0 Å². The van der Waals surface area contributed by atoms with E-state index < -0.39 is 0 Å². The molecular formula is C10H10N4S. The zero-order valence-electron chi connectivity index (χ0n) is 8.21. The Bertz CT molecular complexity index is 524. The van der Waals surface area contributed by atoms with Crippen molar-refractivity contribution in [2.24, 2.45) is 5.10 Å². The topological polar surface area (TPSA) is 54.0 Å². The Kier molecular flexibility index (Phi) is 2.73. The minimum atomic E-state index is 0.424. The quantitative estimate of drug-likeness (QED) is 0.765. The van der Waals surface area contributed by atoms with E-state index in [4.69, 9.17) is 5.41 Å². The molecule has 0 amide bonds. The number of nitrogens with zero attached hydrogens (tertiary/aromatic N) is 3. The predicted molar refractivity (Wildman–Crippen MR) is 60.1 cm³/mol. The summed E-state index contributed by atoms with van der Waals surface area (Å²) in [4.78, 5) is 4.41. The molecule has 0 aromatic carbocycles. The molecule has 0 aliphatic rings. The summed E-state index contributed by atoms with van der Waals surface area (Å²) < 4.78 is 1.59. The maximum absolute atomic E-state index is 7.61. The fraction of sp³-hybridized carbons (Fsp3) is 0.100. The molecule has 5 heteroatoms. The van der Waals surface area contributed by atoms with Gasteiger partial charge < -0.3 is 0 Å². The first-order valence-electron chi connectivity index (χ1n) is 4.43. The highest BCUT2D eigenvalue weighted by atomic mass is 32.1. The fourth-order valence-corrected chi connectivity index (χ4v) is 1.79. The number of hydrogen-bond acceptors (Lipinski definition) is 4. The van der Waals surface area contributed by atoms with Gasteiger partial charge in [-0.05, 0) is 13.0 Å². The first-order chi connectivity index (χ1) is 7.27. The Hall–Kier alpha value is -1.75. The smallest absolute Gasteiger partial charge is 0.203 e. The van der Waals surface area contributed by atoms with Crippen LogP contribution >= 0.6 is 11.3 Å². The average molecular weight is 218 g/mol. The van der Waals surface area contributed by atoms with Crippen LogP contribution in [0.15, 0.2) is 35.0 Å². The molecule has 0 aliphatic carbocycles. The Morgan fingerprint density at radius 2 is 2.47 bits per heavy atom. The molecule has 2 aromatic heterocycles. The van der Waals surface area contributed by atoms with E-state index in [-0.39, 0.29) is 0 Å². The molecule has 0 unspecified atom stereocenters. The summed E-state index contributed by atoms with van der Waals surface area (Å²) in [6.07, 6.45) is 5.15. The second-order valence-electron chi connectivity index (χ2n) is 3.02. The van der Waals surface area contributed by atoms with E-state index in [0.29, 0.717) is 4.80 Å². The number of pyridine rings is 1. The number of nitrogens with one attached hydrogen (secondary N) is 1. The lowest BCUT2D eigenvalue weighted by Crippen LogP contribution is -2.09. The molecular weight excluding hydrogens is 208 g/mol.